The number of pyridine rings is 1. The third kappa shape index (κ3) is 7.53. The van der Waals surface area contributed by atoms with Crippen molar-refractivity contribution in [1.29, 1.82) is 0 Å². The quantitative estimate of drug-likeness (QED) is 0.0474. The molecule has 0 atom stereocenters. The van der Waals surface area contributed by atoms with Crippen LogP contribution in [0.4, 0.5) is 87.8 Å². The molecular formula is C39H18BF20N. The van der Waals surface area contributed by atoms with Gasteiger partial charge >= 0.3 is 0 Å². The second-order valence-corrected chi connectivity index (χ2v) is 12.9. The fourth-order valence-corrected chi connectivity index (χ4v) is 6.72. The summed E-state index contributed by atoms with van der Waals surface area (Å²) in [7, 11) is 0. The molecule has 61 heavy (non-hydrogen) atoms. The van der Waals surface area contributed by atoms with Crippen molar-refractivity contribution in [3.8, 4) is 0 Å². The number of rotatable bonds is 8. The van der Waals surface area contributed by atoms with Crippen molar-refractivity contribution < 1.29 is 92.4 Å². The van der Waals surface area contributed by atoms with Crippen molar-refractivity contribution in [3.63, 3.8) is 0 Å². The normalized spacial score (nSPS) is 11.6. The van der Waals surface area contributed by atoms with Crippen LogP contribution in [0.15, 0.2) is 54.9 Å². The van der Waals surface area contributed by atoms with Crippen molar-refractivity contribution in [2.45, 2.75) is 26.3 Å². The Balaban J connectivity index is 0.000000366. The van der Waals surface area contributed by atoms with Crippen LogP contribution in [0.1, 0.15) is 24.5 Å². The van der Waals surface area contributed by atoms with Gasteiger partial charge in [0.1, 0.15) is 52.7 Å². The molecule has 0 spiro atoms. The third-order valence-corrected chi connectivity index (χ3v) is 9.41. The van der Waals surface area contributed by atoms with E-state index in [1.54, 1.807) is 0 Å². The molecule has 0 fully saturated rings. The lowest BCUT2D eigenvalue weighted by Crippen LogP contribution is -2.81. The van der Waals surface area contributed by atoms with Gasteiger partial charge in [0.25, 0.3) is 0 Å². The number of aryl methyl sites for hydroxylation is 1. The molecule has 22 heteroatoms. The fraction of sp³-hybridized carbons (Fsp3) is 0.103. The van der Waals surface area contributed by atoms with Gasteiger partial charge < -0.3 is 0 Å². The number of hydrogen-bond donors (Lipinski definition) is 0. The lowest BCUT2D eigenvalue weighted by Gasteiger charge is -2.44. The average Bonchev–Trinajstić information content (AvgIpc) is 3.25. The summed E-state index contributed by atoms with van der Waals surface area (Å²) >= 11 is 0. The van der Waals surface area contributed by atoms with Gasteiger partial charge in [-0.05, 0) is 12.0 Å². The summed E-state index contributed by atoms with van der Waals surface area (Å²) in [5.41, 5.74) is -11.6. The fourth-order valence-electron chi connectivity index (χ4n) is 6.72. The second kappa shape index (κ2) is 17.5. The molecule has 6 aromatic rings. The summed E-state index contributed by atoms with van der Waals surface area (Å²) in [6.45, 7) is 3.16. The molecule has 322 valence electrons. The van der Waals surface area contributed by atoms with Gasteiger partial charge in [-0.25, -0.2) is 92.4 Å². The number of benzene rings is 5. The van der Waals surface area contributed by atoms with Crippen LogP contribution in [0.3, 0.4) is 0 Å². The SMILES string of the molecule is CCCc1cc[n+](Cc2ccccc2)cc1.Fc1c(F)c(F)c([B-](c2c(F)c(F)c(F)c(F)c2F)(c2c(F)c(F)c(F)c(F)c2F)c2c(F)c(F)c(F)c(F)c2F)c(F)c1F. The number of aromatic nitrogens is 1. The van der Waals surface area contributed by atoms with Crippen LogP contribution in [0.25, 0.3) is 0 Å². The average molecular weight is 891 g/mol. The van der Waals surface area contributed by atoms with E-state index in [0.29, 0.717) is 0 Å². The van der Waals surface area contributed by atoms with E-state index in [2.05, 4.69) is 66.3 Å². The Labute approximate surface area is 329 Å². The highest BCUT2D eigenvalue weighted by Gasteiger charge is 2.52. The number of halogens is 20. The highest BCUT2D eigenvalue weighted by molar-refractivity contribution is 7.20. The smallest absolute Gasteiger partial charge is 0.200 e. The summed E-state index contributed by atoms with van der Waals surface area (Å²) in [4.78, 5) is 0. The maximum Gasteiger partial charge on any atom is 0.200 e. The molecule has 5 aromatic carbocycles. The molecular weight excluding hydrogens is 873 g/mol. The Morgan fingerprint density at radius 3 is 0.820 bits per heavy atom. The van der Waals surface area contributed by atoms with Gasteiger partial charge in [0.05, 0.1) is 0 Å². The van der Waals surface area contributed by atoms with E-state index >= 15 is 35.1 Å². The van der Waals surface area contributed by atoms with Gasteiger partial charge in [-0.1, -0.05) is 43.7 Å². The van der Waals surface area contributed by atoms with Gasteiger partial charge in [0.15, 0.2) is 88.7 Å². The molecule has 1 nitrogen and oxygen atoms in total. The van der Waals surface area contributed by atoms with E-state index in [0.717, 1.165) is 6.54 Å². The molecule has 0 aliphatic heterocycles. The molecule has 0 aliphatic rings. The Morgan fingerprint density at radius 2 is 0.574 bits per heavy atom. The predicted molar refractivity (Wildman–Crippen MR) is 175 cm³/mol. The minimum Gasteiger partial charge on any atom is -0.207 e. The summed E-state index contributed by atoms with van der Waals surface area (Å²) in [5, 5.41) is 0. The van der Waals surface area contributed by atoms with Crippen LogP contribution >= 0.6 is 0 Å². The lowest BCUT2D eigenvalue weighted by atomic mass is 9.12. The van der Waals surface area contributed by atoms with Crippen LogP contribution in [-0.4, -0.2) is 6.15 Å². The molecule has 0 radical (unpaired) electrons. The van der Waals surface area contributed by atoms with Gasteiger partial charge in [-0.15, -0.1) is 21.9 Å². The highest BCUT2D eigenvalue weighted by Crippen LogP contribution is 2.30. The predicted octanol–water partition coefficient (Wildman–Crippen LogP) is 8.82. The van der Waals surface area contributed by atoms with Gasteiger partial charge in [0.2, 0.25) is 0 Å². The topological polar surface area (TPSA) is 3.88 Å². The summed E-state index contributed by atoms with van der Waals surface area (Å²) in [6.07, 6.45) is -0.504. The van der Waals surface area contributed by atoms with Gasteiger partial charge in [0, 0.05) is 17.7 Å². The first-order valence-electron chi connectivity index (χ1n) is 16.8. The number of hydrogen-bond acceptors (Lipinski definition) is 0. The van der Waals surface area contributed by atoms with Crippen LogP contribution in [0, 0.1) is 116 Å². The van der Waals surface area contributed by atoms with Gasteiger partial charge in [-0.3, -0.25) is 0 Å². The maximum absolute atomic E-state index is 15.4. The van der Waals surface area contributed by atoms with Crippen LogP contribution in [-0.2, 0) is 13.0 Å². The van der Waals surface area contributed by atoms with Crippen LogP contribution in [0.2, 0.25) is 0 Å². The zero-order valence-electron chi connectivity index (χ0n) is 29.9. The lowest BCUT2D eigenvalue weighted by molar-refractivity contribution is -0.688. The first kappa shape index (κ1) is 46.0. The maximum atomic E-state index is 15.4. The summed E-state index contributed by atoms with van der Waals surface area (Å²) in [6, 6.07) is 15.0. The van der Waals surface area contributed by atoms with E-state index in [1.165, 1.54) is 24.0 Å². The molecule has 0 unspecified atom stereocenters. The molecule has 0 amide bonds. The molecule has 0 saturated heterocycles. The van der Waals surface area contributed by atoms with Crippen molar-refractivity contribution in [1.82, 2.24) is 0 Å². The van der Waals surface area contributed by atoms with E-state index < -0.39 is 144 Å². The largest absolute Gasteiger partial charge is 0.207 e. The standard InChI is InChI=1S/C24BF20.C15H18N/c26-5-1(6(27)14(35)21(42)13(5)34)25(2-7(28)15(36)22(43)16(37)8(2)29,3-9(30)17(38)23(44)18(39)10(3)31)4-11(32)19(40)24(45)20(41)12(4)33;1-2-6-14-9-11-16(12-10-14)13-15-7-4-3-5-8-15/h;3-5,7-12H,2,6,13H2,1H3/q-1;+1. The van der Waals surface area contributed by atoms with E-state index in [4.69, 9.17) is 0 Å². The highest BCUT2D eigenvalue weighted by atomic mass is 19.2. The van der Waals surface area contributed by atoms with Crippen molar-refractivity contribution in [2.75, 3.05) is 0 Å². The molecule has 0 N–H and O–H groups in total. The zero-order chi connectivity index (χ0) is 45.6. The Kier molecular flexibility index (Phi) is 13.2. The summed E-state index contributed by atoms with van der Waals surface area (Å²) in [5.74, 6) is -71.4. The number of nitrogens with zero attached hydrogens (tertiary/aromatic N) is 1. The first-order chi connectivity index (χ1) is 28.6. The molecule has 0 bridgehead atoms. The monoisotopic (exact) mass is 891 g/mol. The van der Waals surface area contributed by atoms with Crippen LogP contribution in [0.5, 0.6) is 0 Å². The zero-order valence-corrected chi connectivity index (χ0v) is 29.9. The van der Waals surface area contributed by atoms with Crippen molar-refractivity contribution >= 4 is 28.0 Å². The minimum atomic E-state index is -7.22. The second-order valence-electron chi connectivity index (χ2n) is 12.9. The van der Waals surface area contributed by atoms with E-state index in [-0.39, 0.29) is 0 Å². The Morgan fingerprint density at radius 1 is 0.328 bits per heavy atom. The van der Waals surface area contributed by atoms with Crippen molar-refractivity contribution in [2.24, 2.45) is 0 Å². The molecule has 0 saturated carbocycles. The summed E-state index contributed by atoms with van der Waals surface area (Å²) < 4.78 is 296. The Hall–Kier alpha value is -6.09. The minimum absolute atomic E-state index is 0.952. The molecule has 1 aromatic heterocycles. The molecule has 6 rings (SSSR count). The van der Waals surface area contributed by atoms with Crippen LogP contribution < -0.4 is 26.4 Å². The van der Waals surface area contributed by atoms with E-state index in [9.17, 15) is 52.7 Å². The third-order valence-electron chi connectivity index (χ3n) is 9.41. The Bertz CT molecular complexity index is 2290. The van der Waals surface area contributed by atoms with Gasteiger partial charge in [-0.2, -0.15) is 0 Å². The van der Waals surface area contributed by atoms with Crippen molar-refractivity contribution in [3.05, 3.63) is 182 Å². The first-order valence-corrected chi connectivity index (χ1v) is 16.8. The molecule has 0 aliphatic carbocycles. The van der Waals surface area contributed by atoms with E-state index in [1.807, 2.05) is 0 Å². The molecule has 1 heterocycles.